The van der Waals surface area contributed by atoms with Crippen molar-refractivity contribution in [3.63, 3.8) is 0 Å². The molecule has 2 heterocycles. The minimum Gasteiger partial charge on any atom is -0.393 e. The molecule has 6 rings (SSSR count). The summed E-state index contributed by atoms with van der Waals surface area (Å²) in [7, 11) is 0. The van der Waals surface area contributed by atoms with Gasteiger partial charge in [-0.15, -0.1) is 0 Å². The minimum absolute atomic E-state index is 0.00993. The van der Waals surface area contributed by atoms with Crippen molar-refractivity contribution in [2.75, 3.05) is 5.32 Å². The van der Waals surface area contributed by atoms with E-state index in [0.29, 0.717) is 41.5 Å². The maximum Gasteiger partial charge on any atom is 0.237 e. The Bertz CT molecular complexity index is 1270. The lowest BCUT2D eigenvalue weighted by Crippen LogP contribution is -2.49. The zero-order valence-corrected chi connectivity index (χ0v) is 23.4. The van der Waals surface area contributed by atoms with Crippen molar-refractivity contribution < 1.29 is 19.1 Å². The number of hydrogen-bond donors (Lipinski definition) is 3. The number of halogens is 3. The first-order valence-corrected chi connectivity index (χ1v) is 15.1. The summed E-state index contributed by atoms with van der Waals surface area (Å²) in [4.78, 5) is 28.4. The van der Waals surface area contributed by atoms with Crippen molar-refractivity contribution >= 4 is 40.6 Å². The van der Waals surface area contributed by atoms with E-state index in [4.69, 9.17) is 23.2 Å². The molecule has 0 aromatic heterocycles. The number of nitrogens with one attached hydrogen (secondary N) is 2. The van der Waals surface area contributed by atoms with Crippen LogP contribution in [0.3, 0.4) is 0 Å². The summed E-state index contributed by atoms with van der Waals surface area (Å²) in [6.45, 7) is 0. The van der Waals surface area contributed by atoms with Gasteiger partial charge in [-0.05, 0) is 73.3 Å². The maximum absolute atomic E-state index is 15.9. The van der Waals surface area contributed by atoms with Crippen LogP contribution in [0.25, 0.3) is 0 Å². The van der Waals surface area contributed by atoms with Crippen LogP contribution in [0, 0.1) is 17.7 Å². The number of aliphatic hydroxyl groups is 1. The fraction of sp³-hybridized carbons (Fsp3) is 0.548. The van der Waals surface area contributed by atoms with Crippen LogP contribution in [0.2, 0.25) is 10.0 Å². The molecule has 0 bridgehead atoms. The normalized spacial score (nSPS) is 32.5. The van der Waals surface area contributed by atoms with E-state index in [1.54, 1.807) is 24.3 Å². The fourth-order valence-corrected chi connectivity index (χ4v) is 8.32. The van der Waals surface area contributed by atoms with Gasteiger partial charge in [0.15, 0.2) is 5.78 Å². The van der Waals surface area contributed by atoms with Crippen LogP contribution < -0.4 is 10.6 Å². The van der Waals surface area contributed by atoms with Crippen LogP contribution in [-0.4, -0.2) is 35.0 Å². The molecular weight excluding hydrogens is 538 g/mol. The molecule has 3 fully saturated rings. The lowest BCUT2D eigenvalue weighted by atomic mass is 9.62. The lowest BCUT2D eigenvalue weighted by Gasteiger charge is -2.36. The first-order valence-electron chi connectivity index (χ1n) is 14.3. The molecule has 1 amide bonds. The number of fused-ring (bicyclic) bond motifs is 2. The molecule has 5 nitrogen and oxygen atoms in total. The number of aliphatic hydroxyl groups excluding tert-OH is 1. The van der Waals surface area contributed by atoms with E-state index in [0.717, 1.165) is 50.5 Å². The Balaban J connectivity index is 1.48. The molecule has 0 unspecified atom stereocenters. The first-order chi connectivity index (χ1) is 18.8. The topological polar surface area (TPSA) is 78.4 Å². The van der Waals surface area contributed by atoms with Crippen LogP contribution >= 0.6 is 23.2 Å². The van der Waals surface area contributed by atoms with Crippen molar-refractivity contribution in [1.82, 2.24) is 5.32 Å². The minimum atomic E-state index is -1.18. The third kappa shape index (κ3) is 4.71. The average Bonchev–Trinajstić information content (AvgIpc) is 3.61. The number of rotatable bonds is 6. The molecule has 2 aliphatic heterocycles. The number of anilines is 1. The highest BCUT2D eigenvalue weighted by Crippen LogP contribution is 2.57. The van der Waals surface area contributed by atoms with Gasteiger partial charge in [0.1, 0.15) is 11.2 Å². The van der Waals surface area contributed by atoms with Crippen molar-refractivity contribution in [2.24, 2.45) is 11.8 Å². The Morgan fingerprint density at radius 3 is 2.51 bits per heavy atom. The van der Waals surface area contributed by atoms with Gasteiger partial charge < -0.3 is 15.7 Å². The largest absolute Gasteiger partial charge is 0.393 e. The molecule has 1 saturated heterocycles. The summed E-state index contributed by atoms with van der Waals surface area (Å²) < 4.78 is 15.9. The number of ketones is 1. The van der Waals surface area contributed by atoms with E-state index in [-0.39, 0.29) is 34.8 Å². The number of Topliss-reactive ketones (excluding diaryl/α,β-unsaturated/α-hetero) is 1. The van der Waals surface area contributed by atoms with Gasteiger partial charge in [0, 0.05) is 29.1 Å². The van der Waals surface area contributed by atoms with Crippen LogP contribution in [0.4, 0.5) is 10.1 Å². The zero-order chi connectivity index (χ0) is 27.3. The van der Waals surface area contributed by atoms with E-state index < -0.39 is 23.2 Å². The number of carbonyl (C=O) groups excluding carboxylic acids is 2. The van der Waals surface area contributed by atoms with Gasteiger partial charge in [0.05, 0.1) is 17.2 Å². The van der Waals surface area contributed by atoms with E-state index >= 15 is 4.39 Å². The Morgan fingerprint density at radius 1 is 1.03 bits per heavy atom. The number of hydrogen-bond acceptors (Lipinski definition) is 4. The molecule has 2 aromatic carbocycles. The highest BCUT2D eigenvalue weighted by Gasteiger charge is 2.65. The number of carbonyl (C=O) groups is 2. The molecule has 2 aromatic rings. The summed E-state index contributed by atoms with van der Waals surface area (Å²) in [6.07, 6.45) is 8.20. The molecular formula is C31H35Cl2FN2O3. The van der Waals surface area contributed by atoms with Crippen LogP contribution in [0.15, 0.2) is 36.4 Å². The van der Waals surface area contributed by atoms with Crippen molar-refractivity contribution in [3.8, 4) is 0 Å². The fourth-order valence-electron chi connectivity index (χ4n) is 7.97. The Labute approximate surface area is 238 Å². The van der Waals surface area contributed by atoms with Crippen molar-refractivity contribution in [2.45, 2.75) is 93.7 Å². The molecule has 4 aliphatic rings. The summed E-state index contributed by atoms with van der Waals surface area (Å²) in [5, 5.41) is 17.1. The molecule has 3 N–H and O–H groups in total. The second-order valence-electron chi connectivity index (χ2n) is 12.1. The van der Waals surface area contributed by atoms with Gasteiger partial charge in [-0.1, -0.05) is 67.1 Å². The Morgan fingerprint density at radius 2 is 1.77 bits per heavy atom. The highest BCUT2D eigenvalue weighted by atomic mass is 35.5. The molecule has 39 heavy (non-hydrogen) atoms. The van der Waals surface area contributed by atoms with Gasteiger partial charge in [0.2, 0.25) is 5.91 Å². The summed E-state index contributed by atoms with van der Waals surface area (Å²) in [6, 6.07) is 9.14. The highest BCUT2D eigenvalue weighted by molar-refractivity contribution is 6.31. The first kappa shape index (κ1) is 27.2. The summed E-state index contributed by atoms with van der Waals surface area (Å²) >= 11 is 12.6. The Hall–Kier alpha value is -1.99. The lowest BCUT2D eigenvalue weighted by molar-refractivity contribution is -0.123. The monoisotopic (exact) mass is 572 g/mol. The summed E-state index contributed by atoms with van der Waals surface area (Å²) in [5.41, 5.74) is 0.483. The van der Waals surface area contributed by atoms with Crippen LogP contribution in [0.1, 0.15) is 81.3 Å². The van der Waals surface area contributed by atoms with Gasteiger partial charge >= 0.3 is 0 Å². The molecule has 208 valence electrons. The quantitative estimate of drug-likeness (QED) is 0.367. The number of amides is 1. The zero-order valence-electron chi connectivity index (χ0n) is 21.9. The van der Waals surface area contributed by atoms with Crippen molar-refractivity contribution in [3.05, 3.63) is 63.4 Å². The van der Waals surface area contributed by atoms with Gasteiger partial charge in [-0.25, -0.2) is 4.39 Å². The maximum atomic E-state index is 15.9. The van der Waals surface area contributed by atoms with Gasteiger partial charge in [-0.3, -0.25) is 9.59 Å². The molecule has 2 saturated carbocycles. The van der Waals surface area contributed by atoms with E-state index in [1.165, 1.54) is 6.07 Å². The smallest absolute Gasteiger partial charge is 0.237 e. The van der Waals surface area contributed by atoms with Crippen molar-refractivity contribution in [1.29, 1.82) is 0 Å². The molecule has 0 radical (unpaired) electrons. The van der Waals surface area contributed by atoms with Crippen LogP contribution in [-0.2, 0) is 15.0 Å². The summed E-state index contributed by atoms with van der Waals surface area (Å²) in [5.74, 6) is -0.990. The predicted octanol–water partition coefficient (Wildman–Crippen LogP) is 6.54. The average molecular weight is 574 g/mol. The van der Waals surface area contributed by atoms with Gasteiger partial charge in [0.25, 0.3) is 0 Å². The standard InChI is InChI=1S/C31H35Cl2FN2O3/c32-19-10-13-22-24(16-19)35-30(39)31(22)26(15-17-4-1-2-5-17)36-29(25(38)14-18-8-11-20(37)12-9-18)27(31)21-6-3-7-23(33)28(21)34/h3,6-7,10,13,16-18,20,26-27,29,36-37H,1-2,4-5,8-9,11-12,14-15H2,(H,35,39)/t18?,20?,26-,27+,29+,31+/m1/s1. The SMILES string of the molecule is O=C(CC1CCC(O)CC1)[C@@H]1N[C@H](CC2CCCC2)[C@]2(C(=O)Nc3cc(Cl)ccc32)[C@H]1c1cccc(Cl)c1F. The van der Waals surface area contributed by atoms with E-state index in [2.05, 4.69) is 10.6 Å². The third-order valence-corrected chi connectivity index (χ3v) is 10.3. The predicted molar refractivity (Wildman–Crippen MR) is 151 cm³/mol. The second kappa shape index (κ2) is 10.8. The third-order valence-electron chi connectivity index (χ3n) is 9.82. The van der Waals surface area contributed by atoms with E-state index in [9.17, 15) is 14.7 Å². The second-order valence-corrected chi connectivity index (χ2v) is 12.9. The van der Waals surface area contributed by atoms with E-state index in [1.807, 2.05) is 6.07 Å². The van der Waals surface area contributed by atoms with Crippen LogP contribution in [0.5, 0.6) is 0 Å². The van der Waals surface area contributed by atoms with Gasteiger partial charge in [-0.2, -0.15) is 0 Å². The number of benzene rings is 2. The molecule has 8 heteroatoms. The molecule has 4 atom stereocenters. The Kier molecular flexibility index (Phi) is 7.51. The molecule has 1 spiro atoms. The molecule has 2 aliphatic carbocycles.